The standard InChI is InChI=1S/C70H132O17P2/c1-6-9-12-15-18-20-22-24-26-27-28-30-32-34-36-39-45-50-55-69(74)86-65(60-81-68(73)54-49-44-38-35-33-31-29-25-23-21-19-16-13-10-7-2)61-84-88(76,77)82-57-64(71)58-83-89(78,79)85-62-66(59-80-67(72)53-48-43-37-17-14-11-8-3)87-70(75)56-51-46-41-40-42-47-52-63(4)5/h21,23,25,29,63-66,71H,6-20,22,24,26-28,30-62H2,1-5H3,(H,76,77)(H,78,79)/b23-21-,29-25-/t64-,65-,66-/m1/s1. The molecule has 0 aliphatic rings. The lowest BCUT2D eigenvalue weighted by Gasteiger charge is -2.21. The van der Waals surface area contributed by atoms with Gasteiger partial charge in [0.25, 0.3) is 0 Å². The zero-order valence-electron chi connectivity index (χ0n) is 57.0. The summed E-state index contributed by atoms with van der Waals surface area (Å²) < 4.78 is 68.1. The molecule has 19 heteroatoms. The molecule has 0 heterocycles. The van der Waals surface area contributed by atoms with Crippen LogP contribution in [-0.2, 0) is 65.4 Å². The Kier molecular flexibility index (Phi) is 61.2. The molecule has 0 rings (SSSR count). The molecular weight excluding hydrogens is 1170 g/mol. The van der Waals surface area contributed by atoms with Crippen LogP contribution < -0.4 is 0 Å². The van der Waals surface area contributed by atoms with E-state index >= 15 is 0 Å². The van der Waals surface area contributed by atoms with Crippen molar-refractivity contribution >= 4 is 39.5 Å². The third kappa shape index (κ3) is 64.1. The Labute approximate surface area is 542 Å². The van der Waals surface area contributed by atoms with E-state index in [1.807, 2.05) is 0 Å². The molecule has 0 bridgehead atoms. The van der Waals surface area contributed by atoms with Gasteiger partial charge in [-0.2, -0.15) is 0 Å². The number of allylic oxidation sites excluding steroid dienone is 4. The van der Waals surface area contributed by atoms with E-state index in [1.165, 1.54) is 128 Å². The average Bonchev–Trinajstić information content (AvgIpc) is 3.69. The normalized spacial score (nSPS) is 14.3. The third-order valence-corrected chi connectivity index (χ3v) is 17.6. The van der Waals surface area contributed by atoms with E-state index in [0.717, 1.165) is 122 Å². The first-order chi connectivity index (χ1) is 43.0. The molecule has 0 saturated carbocycles. The molecule has 89 heavy (non-hydrogen) atoms. The van der Waals surface area contributed by atoms with Crippen molar-refractivity contribution in [2.45, 2.75) is 355 Å². The number of hydrogen-bond acceptors (Lipinski definition) is 15. The number of carbonyl (C=O) groups is 4. The molecule has 0 spiro atoms. The van der Waals surface area contributed by atoms with E-state index < -0.39 is 97.5 Å². The van der Waals surface area contributed by atoms with Gasteiger partial charge in [-0.05, 0) is 57.3 Å². The van der Waals surface area contributed by atoms with Crippen molar-refractivity contribution in [3.8, 4) is 0 Å². The second-order valence-electron chi connectivity index (χ2n) is 25.1. The summed E-state index contributed by atoms with van der Waals surface area (Å²) in [5, 5.41) is 10.6. The van der Waals surface area contributed by atoms with Crippen molar-refractivity contribution in [2.24, 2.45) is 5.92 Å². The first-order valence-electron chi connectivity index (χ1n) is 36.0. The van der Waals surface area contributed by atoms with Crippen LogP contribution in [0.3, 0.4) is 0 Å². The van der Waals surface area contributed by atoms with Gasteiger partial charge in [0, 0.05) is 25.7 Å². The van der Waals surface area contributed by atoms with Crippen LogP contribution in [-0.4, -0.2) is 96.7 Å². The largest absolute Gasteiger partial charge is 0.472 e. The Balaban J connectivity index is 5.22. The average molecular weight is 1310 g/mol. The van der Waals surface area contributed by atoms with Crippen LogP contribution in [0.1, 0.15) is 336 Å². The van der Waals surface area contributed by atoms with Crippen LogP contribution in [0.4, 0.5) is 0 Å². The number of phosphoric ester groups is 2. The molecule has 0 aromatic heterocycles. The Morgan fingerprint density at radius 1 is 0.348 bits per heavy atom. The molecular formula is C70H132O17P2. The molecule has 0 aliphatic heterocycles. The fraction of sp³-hybridized carbons (Fsp3) is 0.886. The highest BCUT2D eigenvalue weighted by molar-refractivity contribution is 7.47. The zero-order chi connectivity index (χ0) is 65.6. The van der Waals surface area contributed by atoms with Gasteiger partial charge in [0.1, 0.15) is 19.3 Å². The number of aliphatic hydroxyl groups excluding tert-OH is 1. The molecule has 0 saturated heterocycles. The predicted molar refractivity (Wildman–Crippen MR) is 358 cm³/mol. The van der Waals surface area contributed by atoms with Crippen molar-refractivity contribution in [2.75, 3.05) is 39.6 Å². The van der Waals surface area contributed by atoms with E-state index in [-0.39, 0.29) is 25.7 Å². The highest BCUT2D eigenvalue weighted by atomic mass is 31.2. The van der Waals surface area contributed by atoms with Crippen LogP contribution in [0.2, 0.25) is 0 Å². The van der Waals surface area contributed by atoms with E-state index in [1.54, 1.807) is 0 Å². The quantitative estimate of drug-likeness (QED) is 0.0169. The monoisotopic (exact) mass is 1310 g/mol. The Morgan fingerprint density at radius 2 is 0.607 bits per heavy atom. The lowest BCUT2D eigenvalue weighted by molar-refractivity contribution is -0.161. The van der Waals surface area contributed by atoms with Gasteiger partial charge in [0.2, 0.25) is 0 Å². The lowest BCUT2D eigenvalue weighted by atomic mass is 10.0. The molecule has 2 unspecified atom stereocenters. The first kappa shape index (κ1) is 86.5. The van der Waals surface area contributed by atoms with Crippen molar-refractivity contribution in [3.05, 3.63) is 24.3 Å². The summed E-state index contributed by atoms with van der Waals surface area (Å²) in [7, 11) is -9.90. The number of hydrogen-bond donors (Lipinski definition) is 3. The number of aliphatic hydroxyl groups is 1. The van der Waals surface area contributed by atoms with E-state index in [0.29, 0.717) is 31.6 Å². The van der Waals surface area contributed by atoms with Gasteiger partial charge in [-0.15, -0.1) is 0 Å². The summed E-state index contributed by atoms with van der Waals surface area (Å²) in [6.07, 6.45) is 52.6. The van der Waals surface area contributed by atoms with Gasteiger partial charge in [0.15, 0.2) is 12.2 Å². The lowest BCUT2D eigenvalue weighted by Crippen LogP contribution is -2.30. The maximum atomic E-state index is 13.0. The molecule has 5 atom stereocenters. The zero-order valence-corrected chi connectivity index (χ0v) is 58.8. The molecule has 0 radical (unpaired) electrons. The second kappa shape index (κ2) is 63.0. The minimum absolute atomic E-state index is 0.0996. The van der Waals surface area contributed by atoms with Gasteiger partial charge in [-0.25, -0.2) is 9.13 Å². The molecule has 17 nitrogen and oxygen atoms in total. The van der Waals surface area contributed by atoms with Gasteiger partial charge in [-0.1, -0.05) is 284 Å². The van der Waals surface area contributed by atoms with Crippen LogP contribution in [0.5, 0.6) is 0 Å². The Morgan fingerprint density at radius 3 is 0.921 bits per heavy atom. The van der Waals surface area contributed by atoms with Gasteiger partial charge in [-0.3, -0.25) is 37.3 Å². The number of unbranched alkanes of at least 4 members (excludes halogenated alkanes) is 37. The second-order valence-corrected chi connectivity index (χ2v) is 28.0. The van der Waals surface area contributed by atoms with Gasteiger partial charge in [0.05, 0.1) is 26.4 Å². The van der Waals surface area contributed by atoms with Crippen molar-refractivity contribution in [3.63, 3.8) is 0 Å². The molecule has 3 N–H and O–H groups in total. The smallest absolute Gasteiger partial charge is 0.462 e. The van der Waals surface area contributed by atoms with Crippen LogP contribution in [0, 0.1) is 5.92 Å². The highest BCUT2D eigenvalue weighted by Crippen LogP contribution is 2.45. The Bertz CT molecular complexity index is 1810. The van der Waals surface area contributed by atoms with Gasteiger partial charge >= 0.3 is 39.5 Å². The molecule has 0 aliphatic carbocycles. The highest BCUT2D eigenvalue weighted by Gasteiger charge is 2.30. The number of carbonyl (C=O) groups excluding carboxylic acids is 4. The van der Waals surface area contributed by atoms with Crippen molar-refractivity contribution in [1.82, 2.24) is 0 Å². The molecule has 0 aromatic carbocycles. The summed E-state index contributed by atoms with van der Waals surface area (Å²) in [6, 6.07) is 0. The minimum Gasteiger partial charge on any atom is -0.462 e. The van der Waals surface area contributed by atoms with Crippen LogP contribution in [0.25, 0.3) is 0 Å². The maximum Gasteiger partial charge on any atom is 0.472 e. The number of esters is 4. The fourth-order valence-corrected chi connectivity index (χ4v) is 11.7. The Hall–Kier alpha value is -2.46. The van der Waals surface area contributed by atoms with E-state index in [2.05, 4.69) is 58.9 Å². The van der Waals surface area contributed by atoms with E-state index in [4.69, 9.17) is 37.0 Å². The number of ether oxygens (including phenoxy) is 4. The molecule has 0 amide bonds. The topological polar surface area (TPSA) is 237 Å². The SMILES string of the molecule is CCCCCC/C=C\C=C/CCCCCCCC(=O)OC[C@H](COP(=O)(O)OC[C@@H](O)COP(=O)(O)OC[C@@H](COC(=O)CCCCCCCCC)OC(=O)CCCCCCCCC(C)C)OC(=O)CCCCCCCCCCCCCCCCCCCC. The van der Waals surface area contributed by atoms with Crippen molar-refractivity contribution < 1.29 is 80.2 Å². The summed E-state index contributed by atoms with van der Waals surface area (Å²) in [4.78, 5) is 72.3. The van der Waals surface area contributed by atoms with Crippen LogP contribution >= 0.6 is 15.6 Å². The first-order valence-corrected chi connectivity index (χ1v) is 38.9. The van der Waals surface area contributed by atoms with Gasteiger partial charge < -0.3 is 33.8 Å². The number of phosphoric acid groups is 2. The van der Waals surface area contributed by atoms with Crippen LogP contribution in [0.15, 0.2) is 24.3 Å². The molecule has 0 aromatic rings. The summed E-state index contributed by atoms with van der Waals surface area (Å²) in [5.74, 6) is -1.49. The third-order valence-electron chi connectivity index (χ3n) is 15.7. The molecule has 0 fully saturated rings. The summed E-state index contributed by atoms with van der Waals surface area (Å²) in [6.45, 7) is 7.04. The summed E-state index contributed by atoms with van der Waals surface area (Å²) in [5.41, 5.74) is 0. The summed E-state index contributed by atoms with van der Waals surface area (Å²) >= 11 is 0. The van der Waals surface area contributed by atoms with Crippen molar-refractivity contribution in [1.29, 1.82) is 0 Å². The fourth-order valence-electron chi connectivity index (χ4n) is 10.1. The maximum absolute atomic E-state index is 13.0. The predicted octanol–water partition coefficient (Wildman–Crippen LogP) is 19.7. The minimum atomic E-state index is -4.96. The van der Waals surface area contributed by atoms with E-state index in [9.17, 15) is 43.2 Å². The molecule has 524 valence electrons. The number of rotatable bonds is 68.